The molecule has 0 saturated carbocycles. The molecule has 9 heteroatoms. The van der Waals surface area contributed by atoms with Crippen molar-refractivity contribution in [2.24, 2.45) is 11.8 Å². The number of aliphatic hydroxyl groups is 1. The van der Waals surface area contributed by atoms with Crippen LogP contribution in [0.2, 0.25) is 0 Å². The highest BCUT2D eigenvalue weighted by Crippen LogP contribution is 2.58. The molecule has 0 aromatic heterocycles. The predicted octanol–water partition coefficient (Wildman–Crippen LogP) is 2.18. The van der Waals surface area contributed by atoms with Crippen LogP contribution in [0.15, 0.2) is 24.3 Å². The quantitative estimate of drug-likeness (QED) is 0.364. The molecule has 3 aliphatic rings. The maximum atomic E-state index is 13.7. The molecule has 0 aliphatic carbocycles. The second-order valence-corrected chi connectivity index (χ2v) is 9.48. The fourth-order valence-corrected chi connectivity index (χ4v) is 6.15. The van der Waals surface area contributed by atoms with E-state index in [2.05, 4.69) is 24.1 Å². The van der Waals surface area contributed by atoms with Crippen molar-refractivity contribution >= 4 is 29.2 Å². The van der Waals surface area contributed by atoms with E-state index < -0.39 is 35.6 Å². The number of likely N-dealkylation sites (tertiary alicyclic amines) is 1. The van der Waals surface area contributed by atoms with E-state index in [1.165, 1.54) is 0 Å². The minimum absolute atomic E-state index is 0.0103. The van der Waals surface area contributed by atoms with E-state index in [9.17, 15) is 19.5 Å². The first-order valence-electron chi connectivity index (χ1n) is 12.8. The average Bonchev–Trinajstić information content (AvgIpc) is 3.49. The number of ether oxygens (including phenoxy) is 2. The van der Waals surface area contributed by atoms with E-state index in [1.807, 2.05) is 24.3 Å². The van der Waals surface area contributed by atoms with Gasteiger partial charge in [0.1, 0.15) is 11.6 Å². The third-order valence-electron chi connectivity index (χ3n) is 7.68. The van der Waals surface area contributed by atoms with Gasteiger partial charge in [0.05, 0.1) is 24.5 Å². The molecule has 2 bridgehead atoms. The zero-order chi connectivity index (χ0) is 25.2. The number of aliphatic hydroxyl groups excluding tert-OH is 1. The predicted molar refractivity (Wildman–Crippen MR) is 131 cm³/mol. The molecule has 3 fully saturated rings. The smallest absolute Gasteiger partial charge is 0.312 e. The lowest BCUT2D eigenvalue weighted by molar-refractivity contribution is -0.154. The molecule has 3 aliphatic heterocycles. The Morgan fingerprint density at radius 2 is 1.91 bits per heavy atom. The number of amides is 2. The molecule has 0 unspecified atom stereocenters. The highest BCUT2D eigenvalue weighted by molar-refractivity contribution is 6.03. The molecule has 3 heterocycles. The third-order valence-corrected chi connectivity index (χ3v) is 7.68. The van der Waals surface area contributed by atoms with Crippen LogP contribution in [0.4, 0.5) is 11.4 Å². The molecule has 1 aromatic carbocycles. The zero-order valence-electron chi connectivity index (χ0n) is 20.9. The van der Waals surface area contributed by atoms with E-state index in [1.54, 1.807) is 11.8 Å². The van der Waals surface area contributed by atoms with Crippen molar-refractivity contribution in [1.82, 2.24) is 4.90 Å². The van der Waals surface area contributed by atoms with Crippen LogP contribution in [-0.2, 0) is 23.9 Å². The van der Waals surface area contributed by atoms with Crippen molar-refractivity contribution in [3.05, 3.63) is 24.3 Å². The molecule has 9 nitrogen and oxygen atoms in total. The van der Waals surface area contributed by atoms with Crippen molar-refractivity contribution in [2.75, 3.05) is 43.1 Å². The summed E-state index contributed by atoms with van der Waals surface area (Å²) in [7, 11) is 0. The molecule has 3 saturated heterocycles. The number of anilines is 2. The number of unbranched alkanes of at least 4 members (excludes halogenated alkanes) is 1. The molecule has 4 rings (SSSR count). The number of nitrogens with zero attached hydrogens (tertiary/aromatic N) is 2. The van der Waals surface area contributed by atoms with E-state index in [4.69, 9.17) is 9.47 Å². The van der Waals surface area contributed by atoms with Crippen LogP contribution in [0.1, 0.15) is 46.5 Å². The first-order valence-corrected chi connectivity index (χ1v) is 12.8. The number of fused-ring (bicyclic) bond motifs is 1. The second kappa shape index (κ2) is 10.5. The van der Waals surface area contributed by atoms with Gasteiger partial charge in [-0.1, -0.05) is 0 Å². The lowest BCUT2D eigenvalue weighted by atomic mass is 9.71. The Labute approximate surface area is 206 Å². The summed E-state index contributed by atoms with van der Waals surface area (Å²) >= 11 is 0. The number of nitrogens with one attached hydrogen (secondary N) is 1. The average molecular weight is 488 g/mol. The Bertz CT molecular complexity index is 934. The van der Waals surface area contributed by atoms with Gasteiger partial charge in [0, 0.05) is 37.6 Å². The third kappa shape index (κ3) is 4.40. The van der Waals surface area contributed by atoms with Crippen LogP contribution in [0, 0.1) is 11.8 Å². The number of hydrogen-bond acceptors (Lipinski definition) is 7. The van der Waals surface area contributed by atoms with E-state index in [0.29, 0.717) is 37.9 Å². The van der Waals surface area contributed by atoms with E-state index >= 15 is 0 Å². The molecule has 35 heavy (non-hydrogen) atoms. The maximum absolute atomic E-state index is 13.7. The molecule has 2 N–H and O–H groups in total. The normalized spacial score (nSPS) is 28.8. The summed E-state index contributed by atoms with van der Waals surface area (Å²) in [4.78, 5) is 43.9. The minimum atomic E-state index is -1.04. The SMILES string of the molecule is CCOC(=O)[C@@H]1[C@H]2C(=O)N(CCCCO)[C@H](C(=O)Nc3ccc(N(CC)CC)cc3)[C@]23CC[C@H]1O3. The molecular weight excluding hydrogens is 450 g/mol. The monoisotopic (exact) mass is 487 g/mol. The van der Waals surface area contributed by atoms with Crippen LogP contribution in [0.25, 0.3) is 0 Å². The van der Waals surface area contributed by atoms with Gasteiger partial charge < -0.3 is 29.7 Å². The molecule has 1 spiro atoms. The zero-order valence-corrected chi connectivity index (χ0v) is 20.9. The van der Waals surface area contributed by atoms with E-state index in [0.717, 1.165) is 18.8 Å². The fraction of sp³-hybridized carbons (Fsp3) is 0.654. The van der Waals surface area contributed by atoms with Crippen LogP contribution in [-0.4, -0.2) is 78.4 Å². The number of benzene rings is 1. The first kappa shape index (κ1) is 25.4. The first-order chi connectivity index (χ1) is 16.9. The van der Waals surface area contributed by atoms with Crippen molar-refractivity contribution in [3.63, 3.8) is 0 Å². The van der Waals surface area contributed by atoms with Crippen LogP contribution in [0.3, 0.4) is 0 Å². The highest BCUT2D eigenvalue weighted by atomic mass is 16.6. The molecule has 1 aromatic rings. The molecule has 192 valence electrons. The Morgan fingerprint density at radius 1 is 1.20 bits per heavy atom. The Hall–Kier alpha value is -2.65. The van der Waals surface area contributed by atoms with Gasteiger partial charge in [-0.2, -0.15) is 0 Å². The van der Waals surface area contributed by atoms with Crippen molar-refractivity contribution in [2.45, 2.75) is 64.2 Å². The van der Waals surface area contributed by atoms with Crippen LogP contribution in [0.5, 0.6) is 0 Å². The molecule has 0 radical (unpaired) electrons. The number of carbonyl (C=O) groups excluding carboxylic acids is 3. The van der Waals surface area contributed by atoms with Crippen molar-refractivity contribution < 1.29 is 29.0 Å². The van der Waals surface area contributed by atoms with Gasteiger partial charge in [-0.3, -0.25) is 14.4 Å². The Kier molecular flexibility index (Phi) is 7.66. The summed E-state index contributed by atoms with van der Waals surface area (Å²) < 4.78 is 11.6. The number of hydrogen-bond donors (Lipinski definition) is 2. The number of esters is 1. The van der Waals surface area contributed by atoms with Gasteiger partial charge in [-0.25, -0.2) is 0 Å². The van der Waals surface area contributed by atoms with Crippen LogP contribution < -0.4 is 10.2 Å². The molecule has 2 amide bonds. The topological polar surface area (TPSA) is 108 Å². The van der Waals surface area contributed by atoms with Crippen molar-refractivity contribution in [1.29, 1.82) is 0 Å². The summed E-state index contributed by atoms with van der Waals surface area (Å²) in [5.74, 6) is -2.40. The van der Waals surface area contributed by atoms with Gasteiger partial charge in [0.15, 0.2) is 0 Å². The number of carbonyl (C=O) groups is 3. The summed E-state index contributed by atoms with van der Waals surface area (Å²) in [6.45, 7) is 8.26. The minimum Gasteiger partial charge on any atom is -0.466 e. The highest BCUT2D eigenvalue weighted by Gasteiger charge is 2.74. The summed E-state index contributed by atoms with van der Waals surface area (Å²) in [6, 6.07) is 6.82. The van der Waals surface area contributed by atoms with Gasteiger partial charge >= 0.3 is 5.97 Å². The lowest BCUT2D eigenvalue weighted by Crippen LogP contribution is -2.53. The second-order valence-electron chi connectivity index (χ2n) is 9.48. The van der Waals surface area contributed by atoms with Gasteiger partial charge in [0.25, 0.3) is 0 Å². The summed E-state index contributed by atoms with van der Waals surface area (Å²) in [5, 5.41) is 12.2. The standard InChI is InChI=1S/C26H37N3O6/c1-4-28(5-2)18-11-9-17(10-12-18)27-23(31)22-26-14-13-19(35-26)20(25(33)34-6-3)21(26)24(32)29(22)15-7-8-16-30/h9-12,19-22,30H,4-8,13-16H2,1-3H3,(H,27,31)/t19-,20+,21+,22-,26+/m1/s1. The summed E-state index contributed by atoms with van der Waals surface area (Å²) in [5.41, 5.74) is 0.676. The largest absolute Gasteiger partial charge is 0.466 e. The van der Waals surface area contributed by atoms with E-state index in [-0.39, 0.29) is 25.0 Å². The van der Waals surface area contributed by atoms with Gasteiger partial charge in [-0.15, -0.1) is 0 Å². The van der Waals surface area contributed by atoms with Crippen LogP contribution >= 0.6 is 0 Å². The van der Waals surface area contributed by atoms with Crippen molar-refractivity contribution in [3.8, 4) is 0 Å². The summed E-state index contributed by atoms with van der Waals surface area (Å²) in [6.07, 6.45) is 1.82. The molecular formula is C26H37N3O6. The molecule has 5 atom stereocenters. The van der Waals surface area contributed by atoms with Gasteiger partial charge in [0.2, 0.25) is 11.8 Å². The van der Waals surface area contributed by atoms with Gasteiger partial charge in [-0.05, 0) is 70.7 Å². The fourth-order valence-electron chi connectivity index (χ4n) is 6.15. The Balaban J connectivity index is 1.60. The Morgan fingerprint density at radius 3 is 2.54 bits per heavy atom. The number of rotatable bonds is 11. The lowest BCUT2D eigenvalue weighted by Gasteiger charge is -2.33. The maximum Gasteiger partial charge on any atom is 0.312 e.